The Labute approximate surface area is 117 Å². The molecule has 1 aliphatic rings. The topological polar surface area (TPSA) is 58.1 Å². The molecule has 0 aliphatic carbocycles. The minimum atomic E-state index is -0.145. The highest BCUT2D eigenvalue weighted by Gasteiger charge is 2.29. The van der Waals surface area contributed by atoms with E-state index in [0.29, 0.717) is 11.4 Å². The number of rotatable bonds is 2. The Hall–Kier alpha value is -2.43. The first-order valence-electron chi connectivity index (χ1n) is 6.73. The Balaban J connectivity index is 2.26. The van der Waals surface area contributed by atoms with Gasteiger partial charge in [0.1, 0.15) is 5.82 Å². The number of amides is 1. The zero-order valence-corrected chi connectivity index (χ0v) is 11.5. The first-order chi connectivity index (χ1) is 9.72. The number of pyridine rings is 2. The smallest absolute Gasteiger partial charge is 0.259 e. The Kier molecular flexibility index (Phi) is 3.10. The first kappa shape index (κ1) is 12.6. The quantitative estimate of drug-likeness (QED) is 0.909. The van der Waals surface area contributed by atoms with Crippen molar-refractivity contribution in [2.75, 3.05) is 10.2 Å². The van der Waals surface area contributed by atoms with Crippen molar-refractivity contribution in [3.05, 3.63) is 42.2 Å². The van der Waals surface area contributed by atoms with Gasteiger partial charge < -0.3 is 10.2 Å². The Morgan fingerprint density at radius 2 is 1.90 bits per heavy atom. The maximum Gasteiger partial charge on any atom is 0.259 e. The number of carbonyl (C=O) groups is 1. The van der Waals surface area contributed by atoms with E-state index in [2.05, 4.69) is 29.1 Å². The third-order valence-corrected chi connectivity index (χ3v) is 3.55. The molecule has 0 saturated heterocycles. The summed E-state index contributed by atoms with van der Waals surface area (Å²) in [5.41, 5.74) is 1.29. The SMILES string of the molecule is CC[C@@H](C)N1c2ncccc2NC(=O)c2cccnc21. The Morgan fingerprint density at radius 1 is 1.20 bits per heavy atom. The van der Waals surface area contributed by atoms with Gasteiger partial charge in [-0.2, -0.15) is 0 Å². The summed E-state index contributed by atoms with van der Waals surface area (Å²) in [6.45, 7) is 4.21. The van der Waals surface area contributed by atoms with E-state index in [1.165, 1.54) is 0 Å². The second kappa shape index (κ2) is 4.92. The molecule has 20 heavy (non-hydrogen) atoms. The van der Waals surface area contributed by atoms with Crippen molar-refractivity contribution in [1.29, 1.82) is 0 Å². The molecule has 0 radical (unpaired) electrons. The van der Waals surface area contributed by atoms with Crippen LogP contribution in [0.1, 0.15) is 30.6 Å². The predicted molar refractivity (Wildman–Crippen MR) is 78.3 cm³/mol. The van der Waals surface area contributed by atoms with Crippen LogP contribution in [0, 0.1) is 0 Å². The molecule has 0 fully saturated rings. The molecule has 2 aromatic heterocycles. The lowest BCUT2D eigenvalue weighted by Crippen LogP contribution is -2.29. The fourth-order valence-corrected chi connectivity index (χ4v) is 2.34. The van der Waals surface area contributed by atoms with Gasteiger partial charge in [0.2, 0.25) is 0 Å². The summed E-state index contributed by atoms with van der Waals surface area (Å²) in [5.74, 6) is 1.26. The van der Waals surface area contributed by atoms with E-state index in [1.807, 2.05) is 17.0 Å². The van der Waals surface area contributed by atoms with Gasteiger partial charge in [-0.15, -0.1) is 0 Å². The van der Waals surface area contributed by atoms with Crippen LogP contribution in [-0.4, -0.2) is 21.9 Å². The van der Waals surface area contributed by atoms with Crippen LogP contribution in [-0.2, 0) is 0 Å². The summed E-state index contributed by atoms with van der Waals surface area (Å²) < 4.78 is 0. The molecule has 0 unspecified atom stereocenters. The van der Waals surface area contributed by atoms with Crippen LogP contribution in [0.25, 0.3) is 0 Å². The number of fused-ring (bicyclic) bond motifs is 2. The molecule has 1 aliphatic heterocycles. The number of nitrogens with one attached hydrogen (secondary N) is 1. The molecule has 5 nitrogen and oxygen atoms in total. The Bertz CT molecular complexity index is 656. The molecular formula is C15H16N4O. The molecule has 0 bridgehead atoms. The molecule has 1 N–H and O–H groups in total. The van der Waals surface area contributed by atoms with E-state index in [9.17, 15) is 4.79 Å². The van der Waals surface area contributed by atoms with Crippen molar-refractivity contribution in [2.45, 2.75) is 26.3 Å². The number of hydrogen-bond donors (Lipinski definition) is 1. The average molecular weight is 268 g/mol. The van der Waals surface area contributed by atoms with Crippen LogP contribution in [0.2, 0.25) is 0 Å². The van der Waals surface area contributed by atoms with Gasteiger partial charge >= 0.3 is 0 Å². The second-order valence-electron chi connectivity index (χ2n) is 4.83. The van der Waals surface area contributed by atoms with Crippen molar-refractivity contribution in [1.82, 2.24) is 9.97 Å². The van der Waals surface area contributed by atoms with Gasteiger partial charge in [-0.25, -0.2) is 9.97 Å². The van der Waals surface area contributed by atoms with E-state index in [-0.39, 0.29) is 11.9 Å². The highest BCUT2D eigenvalue weighted by molar-refractivity contribution is 6.11. The number of hydrogen-bond acceptors (Lipinski definition) is 4. The highest BCUT2D eigenvalue weighted by Crippen LogP contribution is 2.36. The summed E-state index contributed by atoms with van der Waals surface area (Å²) in [4.78, 5) is 23.2. The molecule has 0 saturated carbocycles. The number of nitrogens with zero attached hydrogens (tertiary/aromatic N) is 3. The fraction of sp³-hybridized carbons (Fsp3) is 0.267. The third-order valence-electron chi connectivity index (χ3n) is 3.55. The zero-order valence-electron chi connectivity index (χ0n) is 11.5. The summed E-state index contributed by atoms with van der Waals surface area (Å²) in [6.07, 6.45) is 4.37. The second-order valence-corrected chi connectivity index (χ2v) is 4.83. The van der Waals surface area contributed by atoms with Crippen LogP contribution in [0.4, 0.5) is 17.3 Å². The third kappa shape index (κ3) is 1.91. The van der Waals surface area contributed by atoms with Crippen molar-refractivity contribution in [2.24, 2.45) is 0 Å². The first-order valence-corrected chi connectivity index (χ1v) is 6.73. The van der Waals surface area contributed by atoms with Crippen molar-refractivity contribution >= 4 is 23.2 Å². The van der Waals surface area contributed by atoms with Gasteiger partial charge in [-0.3, -0.25) is 4.79 Å². The van der Waals surface area contributed by atoms with Gasteiger partial charge in [-0.1, -0.05) is 6.92 Å². The fourth-order valence-electron chi connectivity index (χ4n) is 2.34. The molecule has 102 valence electrons. The molecular weight excluding hydrogens is 252 g/mol. The molecule has 2 aromatic rings. The summed E-state index contributed by atoms with van der Waals surface area (Å²) in [7, 11) is 0. The van der Waals surface area contributed by atoms with Crippen LogP contribution in [0.15, 0.2) is 36.7 Å². The van der Waals surface area contributed by atoms with Gasteiger partial charge in [0.05, 0.1) is 11.3 Å². The van der Waals surface area contributed by atoms with Crippen molar-refractivity contribution < 1.29 is 4.79 Å². The largest absolute Gasteiger partial charge is 0.319 e. The number of aromatic nitrogens is 2. The van der Waals surface area contributed by atoms with Crippen molar-refractivity contribution in [3.63, 3.8) is 0 Å². The van der Waals surface area contributed by atoms with Crippen LogP contribution >= 0.6 is 0 Å². The summed E-state index contributed by atoms with van der Waals surface area (Å²) in [5, 5.41) is 2.90. The lowest BCUT2D eigenvalue weighted by Gasteiger charge is -2.29. The minimum Gasteiger partial charge on any atom is -0.319 e. The van der Waals surface area contributed by atoms with E-state index in [1.54, 1.807) is 24.5 Å². The molecule has 0 aromatic carbocycles. The van der Waals surface area contributed by atoms with Crippen molar-refractivity contribution in [3.8, 4) is 0 Å². The molecule has 1 amide bonds. The molecule has 3 rings (SSSR count). The van der Waals surface area contributed by atoms with E-state index < -0.39 is 0 Å². The van der Waals surface area contributed by atoms with Gasteiger partial charge in [0.15, 0.2) is 5.82 Å². The van der Waals surface area contributed by atoms with Gasteiger partial charge in [0.25, 0.3) is 5.91 Å². The highest BCUT2D eigenvalue weighted by atomic mass is 16.1. The minimum absolute atomic E-state index is 0.145. The molecule has 5 heteroatoms. The van der Waals surface area contributed by atoms with Crippen LogP contribution in [0.5, 0.6) is 0 Å². The van der Waals surface area contributed by atoms with E-state index in [4.69, 9.17) is 0 Å². The van der Waals surface area contributed by atoms with Crippen LogP contribution < -0.4 is 10.2 Å². The molecule has 3 heterocycles. The number of carbonyl (C=O) groups excluding carboxylic acids is 1. The number of anilines is 3. The average Bonchev–Trinajstić information content (AvgIpc) is 2.61. The summed E-state index contributed by atoms with van der Waals surface area (Å²) in [6, 6.07) is 7.44. The summed E-state index contributed by atoms with van der Waals surface area (Å²) >= 11 is 0. The standard InChI is InChI=1S/C15H16N4O/c1-3-10(2)19-13-11(6-4-8-16-13)15(20)18-12-7-5-9-17-14(12)19/h4-10H,3H2,1-2H3,(H,18,20)/t10-/m1/s1. The maximum absolute atomic E-state index is 12.3. The normalized spacial score (nSPS) is 14.9. The van der Waals surface area contributed by atoms with Crippen LogP contribution in [0.3, 0.4) is 0 Å². The lowest BCUT2D eigenvalue weighted by atomic mass is 10.1. The van der Waals surface area contributed by atoms with Gasteiger partial charge in [0, 0.05) is 18.4 Å². The molecule has 1 atom stereocenters. The monoisotopic (exact) mass is 268 g/mol. The predicted octanol–water partition coefficient (Wildman–Crippen LogP) is 2.98. The maximum atomic E-state index is 12.3. The molecule has 0 spiro atoms. The lowest BCUT2D eigenvalue weighted by molar-refractivity contribution is 0.102. The Morgan fingerprint density at radius 3 is 2.65 bits per heavy atom. The zero-order chi connectivity index (χ0) is 14.1. The van der Waals surface area contributed by atoms with E-state index in [0.717, 1.165) is 17.9 Å². The van der Waals surface area contributed by atoms with E-state index >= 15 is 0 Å². The van der Waals surface area contributed by atoms with Gasteiger partial charge in [-0.05, 0) is 37.6 Å².